The molecule has 0 bridgehead atoms. The van der Waals surface area contributed by atoms with Gasteiger partial charge in [-0.25, -0.2) is 0 Å². The minimum absolute atomic E-state index is 0.226. The number of esters is 1. The Morgan fingerprint density at radius 2 is 1.79 bits per heavy atom. The summed E-state index contributed by atoms with van der Waals surface area (Å²) in [6.07, 6.45) is -7.08. The van der Waals surface area contributed by atoms with Gasteiger partial charge in [-0.05, 0) is 5.56 Å². The molecule has 6 heteroatoms. The van der Waals surface area contributed by atoms with Gasteiger partial charge in [0, 0.05) is 0 Å². The highest BCUT2D eigenvalue weighted by atomic mass is 16.6. The van der Waals surface area contributed by atoms with E-state index in [9.17, 15) is 25.2 Å². The largest absolute Gasteiger partial charge is 0.457 e. The molecule has 0 saturated carbocycles. The smallest absolute Gasteiger partial charge is 0.309 e. The van der Waals surface area contributed by atoms with E-state index in [1.165, 1.54) is 0 Å². The molecule has 1 fully saturated rings. The molecule has 5 atom stereocenters. The molecular formula is C13H16O6. The van der Waals surface area contributed by atoms with Crippen LogP contribution in [0.25, 0.3) is 0 Å². The Morgan fingerprint density at radius 3 is 2.32 bits per heavy atom. The third kappa shape index (κ3) is 2.93. The van der Waals surface area contributed by atoms with E-state index in [0.717, 1.165) is 0 Å². The monoisotopic (exact) mass is 268 g/mol. The first-order chi connectivity index (χ1) is 9.00. The standard InChI is InChI=1S/C13H16O6/c14-8-6-9(15)19-13(8)12(18)11(17)10(16)7-4-2-1-3-5-7/h1-5,8,10-14,16-18H,6H2/t8-,10-,11-,12+,13?/m1/s1. The number of carbonyl (C=O) groups is 1. The molecule has 6 nitrogen and oxygen atoms in total. The number of hydrogen-bond acceptors (Lipinski definition) is 6. The Bertz CT molecular complexity index is 434. The zero-order chi connectivity index (χ0) is 14.0. The highest BCUT2D eigenvalue weighted by Crippen LogP contribution is 2.25. The third-order valence-corrected chi connectivity index (χ3v) is 3.17. The molecule has 1 aromatic carbocycles. The van der Waals surface area contributed by atoms with Gasteiger partial charge in [-0.1, -0.05) is 30.3 Å². The summed E-state index contributed by atoms with van der Waals surface area (Å²) < 4.78 is 4.73. The van der Waals surface area contributed by atoms with E-state index in [-0.39, 0.29) is 6.42 Å². The van der Waals surface area contributed by atoms with Crippen LogP contribution in [0.2, 0.25) is 0 Å². The Labute approximate surface area is 109 Å². The average Bonchev–Trinajstić information content (AvgIpc) is 2.76. The van der Waals surface area contributed by atoms with E-state index >= 15 is 0 Å². The van der Waals surface area contributed by atoms with Gasteiger partial charge >= 0.3 is 5.97 Å². The SMILES string of the molecule is O=C1C[C@@H](O)C([C@@H](O)[C@H](O)[C@H](O)c2ccccc2)O1. The van der Waals surface area contributed by atoms with Crippen molar-refractivity contribution < 1.29 is 30.0 Å². The summed E-state index contributed by atoms with van der Waals surface area (Å²) in [5, 5.41) is 39.3. The predicted octanol–water partition coefficient (Wildman–Crippen LogP) is -0.882. The fourth-order valence-electron chi connectivity index (χ4n) is 2.09. The minimum Gasteiger partial charge on any atom is -0.457 e. The molecular weight excluding hydrogens is 252 g/mol. The summed E-state index contributed by atoms with van der Waals surface area (Å²) in [5.74, 6) is -0.641. The molecule has 19 heavy (non-hydrogen) atoms. The van der Waals surface area contributed by atoms with Gasteiger partial charge in [0.25, 0.3) is 0 Å². The Kier molecular flexibility index (Phi) is 4.16. The quantitative estimate of drug-likeness (QED) is 0.528. The maximum atomic E-state index is 11.0. The van der Waals surface area contributed by atoms with E-state index in [4.69, 9.17) is 4.74 Å². The van der Waals surface area contributed by atoms with Crippen LogP contribution in [0.5, 0.6) is 0 Å². The van der Waals surface area contributed by atoms with Crippen molar-refractivity contribution in [1.82, 2.24) is 0 Å². The molecule has 1 unspecified atom stereocenters. The Morgan fingerprint density at radius 1 is 1.16 bits per heavy atom. The lowest BCUT2D eigenvalue weighted by atomic mass is 9.95. The number of ether oxygens (including phenoxy) is 1. The molecule has 0 amide bonds. The lowest BCUT2D eigenvalue weighted by Gasteiger charge is -2.27. The third-order valence-electron chi connectivity index (χ3n) is 3.17. The van der Waals surface area contributed by atoms with Gasteiger partial charge in [0.1, 0.15) is 24.4 Å². The number of carbonyl (C=O) groups excluding carboxylic acids is 1. The first-order valence-electron chi connectivity index (χ1n) is 5.97. The van der Waals surface area contributed by atoms with Crippen LogP contribution >= 0.6 is 0 Å². The molecule has 104 valence electrons. The molecule has 1 aliphatic heterocycles. The second-order valence-corrected chi connectivity index (χ2v) is 4.56. The van der Waals surface area contributed by atoms with Crippen LogP contribution < -0.4 is 0 Å². The van der Waals surface area contributed by atoms with Crippen molar-refractivity contribution >= 4 is 5.97 Å². The first kappa shape index (κ1) is 14.0. The summed E-state index contributed by atoms with van der Waals surface area (Å²) >= 11 is 0. The summed E-state index contributed by atoms with van der Waals surface area (Å²) in [4.78, 5) is 11.0. The van der Waals surface area contributed by atoms with Gasteiger partial charge in [-0.3, -0.25) is 4.79 Å². The molecule has 1 aliphatic rings. The predicted molar refractivity (Wildman–Crippen MR) is 63.9 cm³/mol. The fourth-order valence-corrected chi connectivity index (χ4v) is 2.09. The minimum atomic E-state index is -1.56. The number of hydrogen-bond donors (Lipinski definition) is 4. The Balaban J connectivity index is 2.07. The van der Waals surface area contributed by atoms with Gasteiger partial charge in [-0.2, -0.15) is 0 Å². The van der Waals surface area contributed by atoms with Crippen molar-refractivity contribution in [2.24, 2.45) is 0 Å². The zero-order valence-corrected chi connectivity index (χ0v) is 10.1. The van der Waals surface area contributed by atoms with Crippen LogP contribution in [0.15, 0.2) is 30.3 Å². The van der Waals surface area contributed by atoms with Gasteiger partial charge in [0.05, 0.1) is 6.42 Å². The number of benzene rings is 1. The molecule has 1 saturated heterocycles. The molecule has 0 aliphatic carbocycles. The van der Waals surface area contributed by atoms with Crippen molar-refractivity contribution in [3.63, 3.8) is 0 Å². The summed E-state index contributed by atoms with van der Waals surface area (Å²) in [6, 6.07) is 8.31. The molecule has 0 spiro atoms. The van der Waals surface area contributed by atoms with Crippen molar-refractivity contribution in [3.05, 3.63) is 35.9 Å². The number of cyclic esters (lactones) is 1. The van der Waals surface area contributed by atoms with E-state index in [0.29, 0.717) is 5.56 Å². The maximum absolute atomic E-state index is 11.0. The van der Waals surface area contributed by atoms with Crippen LogP contribution in [0.4, 0.5) is 0 Å². The normalized spacial score (nSPS) is 27.7. The van der Waals surface area contributed by atoms with Crippen molar-refractivity contribution in [3.8, 4) is 0 Å². The van der Waals surface area contributed by atoms with Crippen molar-refractivity contribution in [1.29, 1.82) is 0 Å². The van der Waals surface area contributed by atoms with Crippen molar-refractivity contribution in [2.75, 3.05) is 0 Å². The zero-order valence-electron chi connectivity index (χ0n) is 10.1. The lowest BCUT2D eigenvalue weighted by Crippen LogP contribution is -2.45. The van der Waals surface area contributed by atoms with Gasteiger partial charge in [0.2, 0.25) is 0 Å². The highest BCUT2D eigenvalue weighted by molar-refractivity contribution is 5.72. The molecule has 1 aromatic rings. The van der Waals surface area contributed by atoms with E-state index in [1.54, 1.807) is 30.3 Å². The number of rotatable bonds is 4. The molecule has 4 N–H and O–H groups in total. The average molecular weight is 268 g/mol. The lowest BCUT2D eigenvalue weighted by molar-refractivity contribution is -0.157. The molecule has 2 rings (SSSR count). The van der Waals surface area contributed by atoms with Crippen LogP contribution in [0.1, 0.15) is 18.1 Å². The van der Waals surface area contributed by atoms with Crippen LogP contribution in [-0.4, -0.2) is 50.8 Å². The summed E-state index contributed by atoms with van der Waals surface area (Å²) in [7, 11) is 0. The van der Waals surface area contributed by atoms with E-state index in [1.807, 2.05) is 0 Å². The van der Waals surface area contributed by atoms with Gasteiger partial charge < -0.3 is 25.2 Å². The molecule has 0 aromatic heterocycles. The van der Waals surface area contributed by atoms with Gasteiger partial charge in [0.15, 0.2) is 6.10 Å². The highest BCUT2D eigenvalue weighted by Gasteiger charge is 2.43. The van der Waals surface area contributed by atoms with Crippen LogP contribution in [-0.2, 0) is 9.53 Å². The fraction of sp³-hybridized carbons (Fsp3) is 0.462. The second kappa shape index (κ2) is 5.66. The molecule has 0 radical (unpaired) electrons. The maximum Gasteiger partial charge on any atom is 0.309 e. The number of aliphatic hydroxyl groups excluding tert-OH is 4. The summed E-state index contributed by atoms with van der Waals surface area (Å²) in [6.45, 7) is 0. The van der Waals surface area contributed by atoms with Gasteiger partial charge in [-0.15, -0.1) is 0 Å². The number of aliphatic hydroxyl groups is 4. The first-order valence-corrected chi connectivity index (χ1v) is 5.97. The van der Waals surface area contributed by atoms with Crippen molar-refractivity contribution in [2.45, 2.75) is 36.9 Å². The van der Waals surface area contributed by atoms with Crippen LogP contribution in [0.3, 0.4) is 0 Å². The Hall–Kier alpha value is -1.47. The van der Waals surface area contributed by atoms with E-state index in [2.05, 4.69) is 0 Å². The molecule has 1 heterocycles. The van der Waals surface area contributed by atoms with E-state index < -0.39 is 36.5 Å². The summed E-state index contributed by atoms with van der Waals surface area (Å²) in [5.41, 5.74) is 0.424. The topological polar surface area (TPSA) is 107 Å². The second-order valence-electron chi connectivity index (χ2n) is 4.56. The van der Waals surface area contributed by atoms with Crippen LogP contribution in [0, 0.1) is 0 Å².